The molecule has 4 heteroatoms. The number of carbonyl (C=O) groups excluding carboxylic acids is 1. The molecule has 0 atom stereocenters. The van der Waals surface area contributed by atoms with Crippen LogP contribution in [0.1, 0.15) is 69.0 Å². The minimum Gasteiger partial charge on any atom is -0.451 e. The number of rotatable bonds is 3. The molecule has 4 nitrogen and oxygen atoms in total. The van der Waals surface area contributed by atoms with Gasteiger partial charge in [0, 0.05) is 37.8 Å². The van der Waals surface area contributed by atoms with Crippen LogP contribution in [-0.4, -0.2) is 47.9 Å². The van der Waals surface area contributed by atoms with Crippen molar-refractivity contribution in [3.8, 4) is 11.3 Å². The molecule has 1 amide bonds. The van der Waals surface area contributed by atoms with Crippen LogP contribution in [0.4, 0.5) is 0 Å². The molecule has 0 N–H and O–H groups in total. The second-order valence-corrected chi connectivity index (χ2v) is 9.61. The predicted octanol–water partition coefficient (Wildman–Crippen LogP) is 5.33. The summed E-state index contributed by atoms with van der Waals surface area (Å²) in [6.45, 7) is 10.2. The summed E-state index contributed by atoms with van der Waals surface area (Å²) >= 11 is 0. The quantitative estimate of drug-likeness (QED) is 0.705. The van der Waals surface area contributed by atoms with Gasteiger partial charge >= 0.3 is 0 Å². The summed E-state index contributed by atoms with van der Waals surface area (Å²) in [5.74, 6) is 1.23. The Morgan fingerprint density at radius 1 is 0.897 bits per heavy atom. The SMILES string of the molecule is CC(C)(C)c1ccc(-c2ccc(C(=O)N3CCN(C4CCCCC4)CC3)o2)cc1. The molecule has 29 heavy (non-hydrogen) atoms. The number of hydrogen-bond donors (Lipinski definition) is 0. The molecule has 0 bridgehead atoms. The Hall–Kier alpha value is -2.07. The first-order valence-electron chi connectivity index (χ1n) is 11.2. The summed E-state index contributed by atoms with van der Waals surface area (Å²) in [5.41, 5.74) is 2.43. The Labute approximate surface area is 174 Å². The van der Waals surface area contributed by atoms with E-state index in [1.165, 1.54) is 37.7 Å². The third-order valence-corrected chi connectivity index (χ3v) is 6.54. The van der Waals surface area contributed by atoms with E-state index in [1.807, 2.05) is 17.0 Å². The third kappa shape index (κ3) is 4.58. The second kappa shape index (κ2) is 8.35. The molecule has 2 fully saturated rings. The maximum atomic E-state index is 12.9. The standard InChI is InChI=1S/C25H34N2O2/c1-25(2,3)20-11-9-19(10-12-20)22-13-14-23(29-22)24(28)27-17-15-26(16-18-27)21-7-5-4-6-8-21/h9-14,21H,4-8,15-18H2,1-3H3. The van der Waals surface area contributed by atoms with E-state index in [2.05, 4.69) is 49.9 Å². The fraction of sp³-hybridized carbons (Fsp3) is 0.560. The lowest BCUT2D eigenvalue weighted by Gasteiger charge is -2.40. The van der Waals surface area contributed by atoms with Gasteiger partial charge in [-0.2, -0.15) is 0 Å². The molecule has 1 aromatic heterocycles. The van der Waals surface area contributed by atoms with Crippen molar-refractivity contribution in [2.45, 2.75) is 64.3 Å². The van der Waals surface area contributed by atoms with Crippen molar-refractivity contribution in [1.29, 1.82) is 0 Å². The zero-order chi connectivity index (χ0) is 20.4. The van der Waals surface area contributed by atoms with Gasteiger partial charge in [-0.15, -0.1) is 0 Å². The molecular weight excluding hydrogens is 360 g/mol. The summed E-state index contributed by atoms with van der Waals surface area (Å²) in [6, 6.07) is 12.9. The summed E-state index contributed by atoms with van der Waals surface area (Å²) in [5, 5.41) is 0. The van der Waals surface area contributed by atoms with E-state index in [0.29, 0.717) is 5.76 Å². The van der Waals surface area contributed by atoms with Gasteiger partial charge in [0.1, 0.15) is 5.76 Å². The summed E-state index contributed by atoms with van der Waals surface area (Å²) in [4.78, 5) is 17.5. The molecule has 0 unspecified atom stereocenters. The van der Waals surface area contributed by atoms with Crippen molar-refractivity contribution in [3.63, 3.8) is 0 Å². The van der Waals surface area contributed by atoms with E-state index in [0.717, 1.165) is 43.5 Å². The van der Waals surface area contributed by atoms with Gasteiger partial charge in [-0.25, -0.2) is 0 Å². The Morgan fingerprint density at radius 3 is 2.17 bits per heavy atom. The number of carbonyl (C=O) groups is 1. The molecule has 2 aliphatic rings. The van der Waals surface area contributed by atoms with Crippen molar-refractivity contribution in [2.24, 2.45) is 0 Å². The maximum absolute atomic E-state index is 12.9. The second-order valence-electron chi connectivity index (χ2n) is 9.61. The zero-order valence-corrected chi connectivity index (χ0v) is 18.1. The Balaban J connectivity index is 1.37. The van der Waals surface area contributed by atoms with Crippen LogP contribution < -0.4 is 0 Å². The molecule has 156 valence electrons. The summed E-state index contributed by atoms with van der Waals surface area (Å²) < 4.78 is 5.95. The fourth-order valence-electron chi connectivity index (χ4n) is 4.63. The minimum absolute atomic E-state index is 0.0193. The van der Waals surface area contributed by atoms with Crippen LogP contribution >= 0.6 is 0 Å². The average Bonchev–Trinajstić information content (AvgIpc) is 3.24. The van der Waals surface area contributed by atoms with Crippen LogP contribution in [0.2, 0.25) is 0 Å². The van der Waals surface area contributed by atoms with E-state index in [-0.39, 0.29) is 11.3 Å². The van der Waals surface area contributed by atoms with Crippen molar-refractivity contribution in [1.82, 2.24) is 9.80 Å². The summed E-state index contributed by atoms with van der Waals surface area (Å²) in [7, 11) is 0. The highest BCUT2D eigenvalue weighted by Gasteiger charge is 2.28. The van der Waals surface area contributed by atoms with Gasteiger partial charge in [-0.3, -0.25) is 9.69 Å². The molecule has 4 rings (SSSR count). The average molecular weight is 395 g/mol. The van der Waals surface area contributed by atoms with Crippen LogP contribution in [0.25, 0.3) is 11.3 Å². The maximum Gasteiger partial charge on any atom is 0.289 e. The number of nitrogens with zero attached hydrogens (tertiary/aromatic N) is 2. The van der Waals surface area contributed by atoms with Crippen LogP contribution in [-0.2, 0) is 5.41 Å². The van der Waals surface area contributed by atoms with Crippen LogP contribution in [0.15, 0.2) is 40.8 Å². The third-order valence-electron chi connectivity index (χ3n) is 6.54. The van der Waals surface area contributed by atoms with Crippen LogP contribution in [0.3, 0.4) is 0 Å². The van der Waals surface area contributed by atoms with E-state index in [1.54, 1.807) is 0 Å². The monoisotopic (exact) mass is 394 g/mol. The van der Waals surface area contributed by atoms with E-state index >= 15 is 0 Å². The fourth-order valence-corrected chi connectivity index (χ4v) is 4.63. The molecule has 1 aliphatic carbocycles. The smallest absolute Gasteiger partial charge is 0.289 e. The molecular formula is C25H34N2O2. The first-order chi connectivity index (χ1) is 13.9. The molecule has 1 aliphatic heterocycles. The Bertz CT molecular complexity index is 817. The zero-order valence-electron chi connectivity index (χ0n) is 18.1. The highest BCUT2D eigenvalue weighted by Crippen LogP contribution is 2.28. The molecule has 0 spiro atoms. The molecule has 0 radical (unpaired) electrons. The molecule has 1 aromatic carbocycles. The lowest BCUT2D eigenvalue weighted by atomic mass is 9.86. The van der Waals surface area contributed by atoms with Gasteiger partial charge in [0.05, 0.1) is 0 Å². The van der Waals surface area contributed by atoms with Crippen molar-refractivity contribution in [2.75, 3.05) is 26.2 Å². The minimum atomic E-state index is 0.0193. The van der Waals surface area contributed by atoms with Gasteiger partial charge in [0.15, 0.2) is 5.76 Å². The number of hydrogen-bond acceptors (Lipinski definition) is 3. The molecule has 2 aromatic rings. The van der Waals surface area contributed by atoms with Crippen molar-refractivity contribution < 1.29 is 9.21 Å². The molecule has 1 saturated carbocycles. The van der Waals surface area contributed by atoms with Crippen molar-refractivity contribution >= 4 is 5.91 Å². The topological polar surface area (TPSA) is 36.7 Å². The normalized spacial score (nSPS) is 19.5. The number of furan rings is 1. The predicted molar refractivity (Wildman–Crippen MR) is 117 cm³/mol. The first kappa shape index (κ1) is 20.2. The Kier molecular flexibility index (Phi) is 5.82. The highest BCUT2D eigenvalue weighted by atomic mass is 16.4. The summed E-state index contributed by atoms with van der Waals surface area (Å²) in [6.07, 6.45) is 6.74. The van der Waals surface area contributed by atoms with Crippen LogP contribution in [0, 0.1) is 0 Å². The van der Waals surface area contributed by atoms with Gasteiger partial charge in [-0.1, -0.05) is 64.3 Å². The van der Waals surface area contributed by atoms with Crippen LogP contribution in [0.5, 0.6) is 0 Å². The van der Waals surface area contributed by atoms with Crippen molar-refractivity contribution in [3.05, 3.63) is 47.7 Å². The number of piperazine rings is 1. The number of benzene rings is 1. The molecule has 1 saturated heterocycles. The first-order valence-corrected chi connectivity index (χ1v) is 11.2. The van der Waals surface area contributed by atoms with Gasteiger partial charge in [-0.05, 0) is 36.0 Å². The lowest BCUT2D eigenvalue weighted by molar-refractivity contribution is 0.0498. The number of amides is 1. The largest absolute Gasteiger partial charge is 0.451 e. The molecule has 2 heterocycles. The van der Waals surface area contributed by atoms with Gasteiger partial charge in [0.25, 0.3) is 5.91 Å². The van der Waals surface area contributed by atoms with E-state index < -0.39 is 0 Å². The highest BCUT2D eigenvalue weighted by molar-refractivity contribution is 5.92. The van der Waals surface area contributed by atoms with Gasteiger partial charge < -0.3 is 9.32 Å². The van der Waals surface area contributed by atoms with Gasteiger partial charge in [0.2, 0.25) is 0 Å². The lowest BCUT2D eigenvalue weighted by Crippen LogP contribution is -2.52. The van der Waals surface area contributed by atoms with E-state index in [9.17, 15) is 4.79 Å². The van der Waals surface area contributed by atoms with E-state index in [4.69, 9.17) is 4.42 Å². The Morgan fingerprint density at radius 2 is 1.55 bits per heavy atom.